The Hall–Kier alpha value is -0.170. The topological polar surface area (TPSA) is 42.0 Å². The van der Waals surface area contributed by atoms with Gasteiger partial charge in [-0.25, -0.2) is 4.98 Å². The third-order valence-electron chi connectivity index (χ3n) is 1.65. The zero-order valence-corrected chi connectivity index (χ0v) is 9.18. The molecule has 1 saturated carbocycles. The van der Waals surface area contributed by atoms with Crippen LogP contribution in [0.2, 0.25) is 0 Å². The lowest BCUT2D eigenvalue weighted by Crippen LogP contribution is -2.12. The van der Waals surface area contributed by atoms with Crippen LogP contribution in [0.5, 0.6) is 0 Å². The van der Waals surface area contributed by atoms with Crippen molar-refractivity contribution in [3.05, 3.63) is 9.08 Å². The Kier molecular flexibility index (Phi) is 2.31. The van der Waals surface area contributed by atoms with E-state index in [1.807, 2.05) is 5.38 Å². The van der Waals surface area contributed by atoms with Gasteiger partial charge in [0.1, 0.15) is 3.70 Å². The predicted molar refractivity (Wildman–Crippen MR) is 56.2 cm³/mol. The van der Waals surface area contributed by atoms with E-state index >= 15 is 0 Å². The molecule has 2 rings (SSSR count). The van der Waals surface area contributed by atoms with Crippen molar-refractivity contribution in [3.63, 3.8) is 0 Å². The van der Waals surface area contributed by atoms with Crippen LogP contribution in [0.25, 0.3) is 0 Å². The molecule has 0 saturated heterocycles. The average Bonchev–Trinajstić information content (AvgIpc) is 2.78. The van der Waals surface area contributed by atoms with Crippen molar-refractivity contribution in [2.24, 2.45) is 5.92 Å². The molecule has 0 bridgehead atoms. The Bertz CT molecular complexity index is 308. The van der Waals surface area contributed by atoms with Gasteiger partial charge in [-0.3, -0.25) is 4.79 Å². The minimum absolute atomic E-state index is 0.126. The highest BCUT2D eigenvalue weighted by Crippen LogP contribution is 2.30. The van der Waals surface area contributed by atoms with Crippen molar-refractivity contribution in [1.29, 1.82) is 0 Å². The Morgan fingerprint density at radius 1 is 1.75 bits per heavy atom. The molecule has 0 radical (unpaired) electrons. The molecule has 0 atom stereocenters. The van der Waals surface area contributed by atoms with E-state index in [0.717, 1.165) is 21.7 Å². The summed E-state index contributed by atoms with van der Waals surface area (Å²) in [6.07, 6.45) is 2.07. The van der Waals surface area contributed by atoms with Crippen LogP contribution in [0.4, 0.5) is 5.13 Å². The van der Waals surface area contributed by atoms with E-state index in [1.54, 1.807) is 0 Å². The van der Waals surface area contributed by atoms with E-state index in [-0.39, 0.29) is 11.8 Å². The molecule has 0 aromatic carbocycles. The third-order valence-corrected chi connectivity index (χ3v) is 3.39. The van der Waals surface area contributed by atoms with Crippen molar-refractivity contribution in [2.75, 3.05) is 5.32 Å². The molecule has 1 aromatic rings. The molecule has 1 heterocycles. The molecule has 0 spiro atoms. The van der Waals surface area contributed by atoms with Gasteiger partial charge in [0.25, 0.3) is 0 Å². The molecule has 1 aliphatic rings. The maximum absolute atomic E-state index is 11.2. The van der Waals surface area contributed by atoms with E-state index in [1.165, 1.54) is 11.3 Å². The van der Waals surface area contributed by atoms with E-state index in [0.29, 0.717) is 0 Å². The van der Waals surface area contributed by atoms with Gasteiger partial charge in [0.15, 0.2) is 5.13 Å². The molecule has 1 aromatic heterocycles. The second-order valence-corrected chi connectivity index (χ2v) is 4.70. The number of carbonyl (C=O) groups excluding carboxylic acids is 1. The van der Waals surface area contributed by atoms with Gasteiger partial charge >= 0.3 is 0 Å². The average molecular weight is 294 g/mol. The molecule has 5 heteroatoms. The van der Waals surface area contributed by atoms with Gasteiger partial charge in [0.05, 0.1) is 0 Å². The van der Waals surface area contributed by atoms with Crippen LogP contribution in [-0.2, 0) is 4.79 Å². The molecule has 1 N–H and O–H groups in total. The first-order valence-electron chi connectivity index (χ1n) is 3.67. The normalized spacial score (nSPS) is 16.1. The molecule has 0 unspecified atom stereocenters. The standard InChI is InChI=1S/C7H7IN2OS/c8-5-3-12-7(9-5)10-6(11)4-1-2-4/h3-4H,1-2H2,(H,9,10,11). The van der Waals surface area contributed by atoms with E-state index in [9.17, 15) is 4.79 Å². The van der Waals surface area contributed by atoms with Crippen LogP contribution < -0.4 is 5.32 Å². The second kappa shape index (κ2) is 3.29. The summed E-state index contributed by atoms with van der Waals surface area (Å²) in [6.45, 7) is 0. The zero-order valence-electron chi connectivity index (χ0n) is 6.21. The van der Waals surface area contributed by atoms with Crippen molar-refractivity contribution in [1.82, 2.24) is 4.98 Å². The lowest BCUT2D eigenvalue weighted by molar-refractivity contribution is -0.117. The SMILES string of the molecule is O=C(Nc1nc(I)cs1)C1CC1. The smallest absolute Gasteiger partial charge is 0.229 e. The van der Waals surface area contributed by atoms with Crippen molar-refractivity contribution in [3.8, 4) is 0 Å². The van der Waals surface area contributed by atoms with Crippen LogP contribution in [0.1, 0.15) is 12.8 Å². The van der Waals surface area contributed by atoms with Crippen LogP contribution in [0, 0.1) is 9.62 Å². The van der Waals surface area contributed by atoms with Crippen LogP contribution >= 0.6 is 33.9 Å². The first-order chi connectivity index (χ1) is 5.75. The minimum Gasteiger partial charge on any atom is -0.302 e. The first-order valence-corrected chi connectivity index (χ1v) is 5.63. The highest BCUT2D eigenvalue weighted by Gasteiger charge is 2.29. The second-order valence-electron chi connectivity index (χ2n) is 2.74. The lowest BCUT2D eigenvalue weighted by atomic mass is 10.4. The van der Waals surface area contributed by atoms with Gasteiger partial charge in [-0.1, -0.05) is 0 Å². The Morgan fingerprint density at radius 2 is 2.50 bits per heavy atom. The number of carbonyl (C=O) groups is 1. The summed E-state index contributed by atoms with van der Waals surface area (Å²) in [5.41, 5.74) is 0. The van der Waals surface area contributed by atoms with E-state index < -0.39 is 0 Å². The summed E-state index contributed by atoms with van der Waals surface area (Å²) in [7, 11) is 0. The fourth-order valence-electron chi connectivity index (χ4n) is 0.865. The summed E-state index contributed by atoms with van der Waals surface area (Å²) in [5.74, 6) is 0.382. The summed E-state index contributed by atoms with van der Waals surface area (Å²) >= 11 is 3.60. The predicted octanol–water partition coefficient (Wildman–Crippen LogP) is 2.10. The molecule has 12 heavy (non-hydrogen) atoms. The number of hydrogen-bond acceptors (Lipinski definition) is 3. The van der Waals surface area contributed by atoms with Gasteiger partial charge in [0, 0.05) is 11.3 Å². The number of rotatable bonds is 2. The van der Waals surface area contributed by atoms with Gasteiger partial charge in [-0.15, -0.1) is 11.3 Å². The van der Waals surface area contributed by atoms with Crippen LogP contribution in [0.3, 0.4) is 0 Å². The van der Waals surface area contributed by atoms with Crippen LogP contribution in [0.15, 0.2) is 5.38 Å². The number of thiazole rings is 1. The first kappa shape index (κ1) is 8.43. The number of aromatic nitrogens is 1. The number of anilines is 1. The molecular weight excluding hydrogens is 287 g/mol. The van der Waals surface area contributed by atoms with Crippen molar-refractivity contribution in [2.45, 2.75) is 12.8 Å². The quantitative estimate of drug-likeness (QED) is 0.849. The summed E-state index contributed by atoms with van der Waals surface area (Å²) in [5, 5.41) is 5.43. The number of nitrogens with zero attached hydrogens (tertiary/aromatic N) is 1. The largest absolute Gasteiger partial charge is 0.302 e. The van der Waals surface area contributed by atoms with E-state index in [2.05, 4.69) is 32.9 Å². The fourth-order valence-corrected chi connectivity index (χ4v) is 2.22. The summed E-state index contributed by atoms with van der Waals surface area (Å²) in [4.78, 5) is 15.4. The van der Waals surface area contributed by atoms with Crippen molar-refractivity contribution < 1.29 is 4.79 Å². The monoisotopic (exact) mass is 294 g/mol. The Morgan fingerprint density at radius 3 is 3.00 bits per heavy atom. The van der Waals surface area contributed by atoms with Gasteiger partial charge in [-0.2, -0.15) is 0 Å². The summed E-state index contributed by atoms with van der Waals surface area (Å²) in [6, 6.07) is 0. The molecule has 1 fully saturated rings. The molecular formula is C7H7IN2OS. The fraction of sp³-hybridized carbons (Fsp3) is 0.429. The molecule has 0 aliphatic heterocycles. The highest BCUT2D eigenvalue weighted by atomic mass is 127. The Balaban J connectivity index is 1.98. The number of amides is 1. The number of halogens is 1. The number of hydrogen-bond donors (Lipinski definition) is 1. The maximum atomic E-state index is 11.2. The highest BCUT2D eigenvalue weighted by molar-refractivity contribution is 14.1. The minimum atomic E-state index is 0.126. The van der Waals surface area contributed by atoms with Gasteiger partial charge in [-0.05, 0) is 35.4 Å². The Labute approximate surface area is 87.7 Å². The third kappa shape index (κ3) is 1.95. The maximum Gasteiger partial charge on any atom is 0.229 e. The van der Waals surface area contributed by atoms with Gasteiger partial charge in [0.2, 0.25) is 5.91 Å². The molecule has 1 aliphatic carbocycles. The zero-order chi connectivity index (χ0) is 8.55. The number of nitrogens with one attached hydrogen (secondary N) is 1. The van der Waals surface area contributed by atoms with Gasteiger partial charge < -0.3 is 5.32 Å². The lowest BCUT2D eigenvalue weighted by Gasteiger charge is -1.96. The van der Waals surface area contributed by atoms with Crippen LogP contribution in [-0.4, -0.2) is 10.9 Å². The summed E-state index contributed by atoms with van der Waals surface area (Å²) < 4.78 is 0.934. The van der Waals surface area contributed by atoms with E-state index in [4.69, 9.17) is 0 Å². The molecule has 64 valence electrons. The molecule has 3 nitrogen and oxygen atoms in total. The van der Waals surface area contributed by atoms with Crippen molar-refractivity contribution >= 4 is 45.0 Å². The molecule has 1 amide bonds.